The van der Waals surface area contributed by atoms with E-state index in [0.29, 0.717) is 6.54 Å². The number of nitrogens with two attached hydrogens (primary N) is 1. The van der Waals surface area contributed by atoms with Crippen molar-refractivity contribution in [3.63, 3.8) is 0 Å². The minimum atomic E-state index is -0.0667. The lowest BCUT2D eigenvalue weighted by Crippen LogP contribution is -2.41. The van der Waals surface area contributed by atoms with Crippen LogP contribution in [0.25, 0.3) is 0 Å². The van der Waals surface area contributed by atoms with E-state index in [4.69, 9.17) is 5.73 Å². The van der Waals surface area contributed by atoms with Crippen molar-refractivity contribution in [3.05, 3.63) is 0 Å². The standard InChI is InChI=1S/C10H23N3O/c1-3-4-8-12-10(14)13-9(2)6-5-7-11/h9H,3-8,11H2,1-2H3,(H2,12,13,14). The van der Waals surface area contributed by atoms with Crippen LogP contribution in [0.4, 0.5) is 4.79 Å². The molecule has 0 aromatic carbocycles. The van der Waals surface area contributed by atoms with E-state index in [-0.39, 0.29) is 12.1 Å². The van der Waals surface area contributed by atoms with Crippen LogP contribution in [0, 0.1) is 0 Å². The molecule has 84 valence electrons. The summed E-state index contributed by atoms with van der Waals surface area (Å²) in [6.45, 7) is 5.54. The van der Waals surface area contributed by atoms with E-state index in [0.717, 1.165) is 32.2 Å². The number of nitrogens with one attached hydrogen (secondary N) is 2. The summed E-state index contributed by atoms with van der Waals surface area (Å²) in [4.78, 5) is 11.2. The third-order valence-electron chi connectivity index (χ3n) is 2.03. The van der Waals surface area contributed by atoms with Crippen molar-refractivity contribution < 1.29 is 4.79 Å². The van der Waals surface area contributed by atoms with Crippen LogP contribution in [0.5, 0.6) is 0 Å². The fourth-order valence-corrected chi connectivity index (χ4v) is 1.15. The van der Waals surface area contributed by atoms with Gasteiger partial charge in [0.05, 0.1) is 0 Å². The summed E-state index contributed by atoms with van der Waals surface area (Å²) < 4.78 is 0. The first-order valence-corrected chi connectivity index (χ1v) is 5.45. The maximum Gasteiger partial charge on any atom is 0.314 e. The summed E-state index contributed by atoms with van der Waals surface area (Å²) in [6, 6.07) is 0.142. The zero-order valence-corrected chi connectivity index (χ0v) is 9.31. The Morgan fingerprint density at radius 2 is 2.14 bits per heavy atom. The Morgan fingerprint density at radius 3 is 2.71 bits per heavy atom. The Hall–Kier alpha value is -0.770. The lowest BCUT2D eigenvalue weighted by Gasteiger charge is -2.13. The molecule has 0 aromatic rings. The predicted molar refractivity (Wildman–Crippen MR) is 59.2 cm³/mol. The molecule has 0 aliphatic rings. The molecule has 0 aromatic heterocycles. The minimum absolute atomic E-state index is 0.0667. The summed E-state index contributed by atoms with van der Waals surface area (Å²) in [6.07, 6.45) is 4.03. The largest absolute Gasteiger partial charge is 0.338 e. The van der Waals surface area contributed by atoms with Gasteiger partial charge in [-0.15, -0.1) is 0 Å². The average Bonchev–Trinajstić information content (AvgIpc) is 2.15. The van der Waals surface area contributed by atoms with Crippen LogP contribution in [0.2, 0.25) is 0 Å². The molecule has 1 unspecified atom stereocenters. The van der Waals surface area contributed by atoms with Crippen molar-refractivity contribution >= 4 is 6.03 Å². The van der Waals surface area contributed by atoms with Crippen LogP contribution >= 0.6 is 0 Å². The Labute approximate surface area is 86.6 Å². The molecule has 4 N–H and O–H groups in total. The SMILES string of the molecule is CCCCNC(=O)NC(C)CCCN. The number of hydrogen-bond acceptors (Lipinski definition) is 2. The van der Waals surface area contributed by atoms with Gasteiger partial charge in [0.1, 0.15) is 0 Å². The number of carbonyl (C=O) groups excluding carboxylic acids is 1. The third-order valence-corrected chi connectivity index (χ3v) is 2.03. The van der Waals surface area contributed by atoms with Gasteiger partial charge in [-0.05, 0) is 32.7 Å². The highest BCUT2D eigenvalue weighted by molar-refractivity contribution is 5.74. The summed E-state index contributed by atoms with van der Waals surface area (Å²) in [7, 11) is 0. The Balaban J connectivity index is 3.40. The van der Waals surface area contributed by atoms with Crippen molar-refractivity contribution in [2.75, 3.05) is 13.1 Å². The molecule has 0 saturated carbocycles. The van der Waals surface area contributed by atoms with E-state index in [1.807, 2.05) is 6.92 Å². The van der Waals surface area contributed by atoms with Gasteiger partial charge in [0.15, 0.2) is 0 Å². The molecular weight excluding hydrogens is 178 g/mol. The normalized spacial score (nSPS) is 12.2. The van der Waals surface area contributed by atoms with Crippen LogP contribution in [0.3, 0.4) is 0 Å². The zero-order valence-electron chi connectivity index (χ0n) is 9.31. The maximum atomic E-state index is 11.2. The second-order valence-corrected chi connectivity index (χ2v) is 3.59. The summed E-state index contributed by atoms with van der Waals surface area (Å²) in [5.41, 5.74) is 5.38. The summed E-state index contributed by atoms with van der Waals surface area (Å²) in [5, 5.41) is 5.68. The first-order chi connectivity index (χ1) is 6.70. The smallest absolute Gasteiger partial charge is 0.314 e. The molecule has 0 heterocycles. The van der Waals surface area contributed by atoms with Crippen molar-refractivity contribution in [2.24, 2.45) is 5.73 Å². The highest BCUT2D eigenvalue weighted by Crippen LogP contribution is 1.93. The molecule has 2 amide bonds. The lowest BCUT2D eigenvalue weighted by molar-refractivity contribution is 0.237. The van der Waals surface area contributed by atoms with Crippen LogP contribution in [-0.4, -0.2) is 25.2 Å². The first-order valence-electron chi connectivity index (χ1n) is 5.45. The van der Waals surface area contributed by atoms with Gasteiger partial charge in [0, 0.05) is 12.6 Å². The van der Waals surface area contributed by atoms with Gasteiger partial charge in [-0.1, -0.05) is 13.3 Å². The molecular formula is C10H23N3O. The van der Waals surface area contributed by atoms with E-state index in [1.165, 1.54) is 0 Å². The molecule has 0 radical (unpaired) electrons. The molecule has 0 fully saturated rings. The Kier molecular flexibility index (Phi) is 8.33. The molecule has 14 heavy (non-hydrogen) atoms. The highest BCUT2D eigenvalue weighted by atomic mass is 16.2. The van der Waals surface area contributed by atoms with Gasteiger partial charge in [-0.25, -0.2) is 4.79 Å². The zero-order chi connectivity index (χ0) is 10.8. The third kappa shape index (κ3) is 7.86. The summed E-state index contributed by atoms with van der Waals surface area (Å²) in [5.74, 6) is 0. The quantitative estimate of drug-likeness (QED) is 0.542. The van der Waals surface area contributed by atoms with Gasteiger partial charge in [-0.3, -0.25) is 0 Å². The van der Waals surface area contributed by atoms with E-state index in [2.05, 4.69) is 17.6 Å². The molecule has 0 spiro atoms. The molecule has 0 aliphatic carbocycles. The topological polar surface area (TPSA) is 67.2 Å². The molecule has 0 rings (SSSR count). The van der Waals surface area contributed by atoms with Gasteiger partial charge in [0.2, 0.25) is 0 Å². The fourth-order valence-electron chi connectivity index (χ4n) is 1.15. The second-order valence-electron chi connectivity index (χ2n) is 3.59. The maximum absolute atomic E-state index is 11.2. The molecule has 1 atom stereocenters. The van der Waals surface area contributed by atoms with Crippen molar-refractivity contribution in [3.8, 4) is 0 Å². The number of urea groups is 1. The molecule has 0 saturated heterocycles. The number of hydrogen-bond donors (Lipinski definition) is 3. The van der Waals surface area contributed by atoms with Crippen LogP contribution in [-0.2, 0) is 0 Å². The van der Waals surface area contributed by atoms with Crippen molar-refractivity contribution in [1.29, 1.82) is 0 Å². The fraction of sp³-hybridized carbons (Fsp3) is 0.900. The summed E-state index contributed by atoms with van der Waals surface area (Å²) >= 11 is 0. The minimum Gasteiger partial charge on any atom is -0.338 e. The molecule has 4 nitrogen and oxygen atoms in total. The second kappa shape index (κ2) is 8.81. The lowest BCUT2D eigenvalue weighted by atomic mass is 10.2. The first kappa shape index (κ1) is 13.2. The number of carbonyl (C=O) groups is 1. The van der Waals surface area contributed by atoms with Crippen molar-refractivity contribution in [1.82, 2.24) is 10.6 Å². The van der Waals surface area contributed by atoms with Crippen LogP contribution in [0.15, 0.2) is 0 Å². The Bertz CT molecular complexity index is 150. The monoisotopic (exact) mass is 201 g/mol. The van der Waals surface area contributed by atoms with Crippen molar-refractivity contribution in [2.45, 2.75) is 45.6 Å². The Morgan fingerprint density at radius 1 is 1.43 bits per heavy atom. The van der Waals surface area contributed by atoms with E-state index < -0.39 is 0 Å². The van der Waals surface area contributed by atoms with E-state index in [9.17, 15) is 4.79 Å². The van der Waals surface area contributed by atoms with Gasteiger partial charge in [0.25, 0.3) is 0 Å². The van der Waals surface area contributed by atoms with Gasteiger partial charge < -0.3 is 16.4 Å². The highest BCUT2D eigenvalue weighted by Gasteiger charge is 2.04. The average molecular weight is 201 g/mol. The van der Waals surface area contributed by atoms with Crippen LogP contribution < -0.4 is 16.4 Å². The van der Waals surface area contributed by atoms with Gasteiger partial charge in [-0.2, -0.15) is 0 Å². The molecule has 4 heteroatoms. The molecule has 0 bridgehead atoms. The number of unbranched alkanes of at least 4 members (excludes halogenated alkanes) is 1. The van der Waals surface area contributed by atoms with E-state index in [1.54, 1.807) is 0 Å². The number of amides is 2. The molecule has 0 aliphatic heterocycles. The predicted octanol–water partition coefficient (Wildman–Crippen LogP) is 1.21. The number of rotatable bonds is 7. The van der Waals surface area contributed by atoms with E-state index >= 15 is 0 Å². The van der Waals surface area contributed by atoms with Gasteiger partial charge >= 0.3 is 6.03 Å². The van der Waals surface area contributed by atoms with Crippen LogP contribution in [0.1, 0.15) is 39.5 Å².